The van der Waals surface area contributed by atoms with Crippen molar-refractivity contribution >= 4 is 0 Å². The monoisotopic (exact) mass is 190 g/mol. The van der Waals surface area contributed by atoms with Gasteiger partial charge in [-0.25, -0.2) is 0 Å². The lowest BCUT2D eigenvalue weighted by atomic mass is 9.35. The van der Waals surface area contributed by atoms with Crippen LogP contribution in [0.5, 0.6) is 0 Å². The summed E-state index contributed by atoms with van der Waals surface area (Å²) in [6, 6.07) is 0. The zero-order chi connectivity index (χ0) is 10.8. The third kappa shape index (κ3) is 0.769. The van der Waals surface area contributed by atoms with Crippen molar-refractivity contribution in [1.82, 2.24) is 0 Å². The summed E-state index contributed by atoms with van der Waals surface area (Å²) in [6.07, 6.45) is 5.96. The Morgan fingerprint density at radius 2 is 1.21 bits per heavy atom. The number of hydrogen-bond acceptors (Lipinski definition) is 0. The second-order valence-electron chi connectivity index (χ2n) is 6.39. The summed E-state index contributed by atoms with van der Waals surface area (Å²) in [5.41, 5.74) is 4.36. The van der Waals surface area contributed by atoms with E-state index in [1.165, 1.54) is 6.42 Å². The Balaban J connectivity index is 2.58. The van der Waals surface area contributed by atoms with Crippen LogP contribution in [-0.4, -0.2) is 0 Å². The van der Waals surface area contributed by atoms with Crippen LogP contribution in [0, 0.1) is 16.2 Å². The van der Waals surface area contributed by atoms with Crippen LogP contribution in [0.2, 0.25) is 0 Å². The van der Waals surface area contributed by atoms with Gasteiger partial charge < -0.3 is 0 Å². The Kier molecular flexibility index (Phi) is 1.68. The third-order valence-corrected chi connectivity index (χ3v) is 4.68. The molecule has 0 aromatic heterocycles. The van der Waals surface area contributed by atoms with Gasteiger partial charge in [0, 0.05) is 5.41 Å². The van der Waals surface area contributed by atoms with Gasteiger partial charge in [0.15, 0.2) is 0 Å². The second kappa shape index (κ2) is 2.35. The van der Waals surface area contributed by atoms with Gasteiger partial charge in [-0.3, -0.25) is 0 Å². The van der Waals surface area contributed by atoms with Crippen molar-refractivity contribution in [3.8, 4) is 0 Å². The van der Waals surface area contributed by atoms with Crippen LogP contribution in [0.15, 0.2) is 23.3 Å². The quantitative estimate of drug-likeness (QED) is 0.533. The van der Waals surface area contributed by atoms with Gasteiger partial charge in [-0.2, -0.15) is 0 Å². The van der Waals surface area contributed by atoms with Crippen molar-refractivity contribution in [3.63, 3.8) is 0 Å². The van der Waals surface area contributed by atoms with E-state index in [4.69, 9.17) is 0 Å². The molecule has 0 saturated heterocycles. The molecule has 2 aliphatic carbocycles. The van der Waals surface area contributed by atoms with Crippen LogP contribution < -0.4 is 0 Å². The Hall–Kier alpha value is -0.520. The van der Waals surface area contributed by atoms with E-state index in [1.807, 2.05) is 0 Å². The molecule has 0 bridgehead atoms. The molecule has 0 aromatic carbocycles. The summed E-state index contributed by atoms with van der Waals surface area (Å²) in [4.78, 5) is 0. The molecule has 0 heteroatoms. The summed E-state index contributed by atoms with van der Waals surface area (Å²) in [7, 11) is 0. The second-order valence-corrected chi connectivity index (χ2v) is 6.39. The number of rotatable bonds is 0. The predicted octanol–water partition coefficient (Wildman–Crippen LogP) is 4.34. The van der Waals surface area contributed by atoms with E-state index in [0.29, 0.717) is 16.2 Å². The third-order valence-electron chi connectivity index (χ3n) is 4.68. The Morgan fingerprint density at radius 3 is 1.43 bits per heavy atom. The van der Waals surface area contributed by atoms with Crippen LogP contribution in [0.4, 0.5) is 0 Å². The van der Waals surface area contributed by atoms with Crippen LogP contribution >= 0.6 is 0 Å². The van der Waals surface area contributed by atoms with Gasteiger partial charge in [-0.1, -0.05) is 51.0 Å². The first-order chi connectivity index (χ1) is 6.26. The molecule has 0 N–H and O–H groups in total. The zero-order valence-corrected chi connectivity index (χ0v) is 10.4. The van der Waals surface area contributed by atoms with Crippen LogP contribution in [0.1, 0.15) is 48.0 Å². The van der Waals surface area contributed by atoms with E-state index >= 15 is 0 Å². The molecule has 78 valence electrons. The lowest BCUT2D eigenvalue weighted by Crippen LogP contribution is -2.61. The Bertz CT molecular complexity index is 303. The molecular formula is C14H22. The lowest BCUT2D eigenvalue weighted by molar-refractivity contribution is -0.125. The minimum absolute atomic E-state index is 0.347. The molecule has 0 nitrogen and oxygen atoms in total. The fraction of sp³-hybridized carbons (Fsp3) is 0.714. The molecule has 1 fully saturated rings. The summed E-state index contributed by atoms with van der Waals surface area (Å²) < 4.78 is 0. The molecule has 2 aliphatic rings. The van der Waals surface area contributed by atoms with E-state index < -0.39 is 0 Å². The minimum Gasteiger partial charge on any atom is -0.0624 e. The molecule has 1 saturated carbocycles. The van der Waals surface area contributed by atoms with Crippen molar-refractivity contribution in [2.24, 2.45) is 16.2 Å². The maximum atomic E-state index is 2.41. The first kappa shape index (κ1) is 10.0. The number of allylic oxidation sites excluding steroid dienone is 4. The van der Waals surface area contributed by atoms with Crippen molar-refractivity contribution in [2.75, 3.05) is 0 Å². The molecular weight excluding hydrogens is 168 g/mol. The fourth-order valence-electron chi connectivity index (χ4n) is 5.13. The molecule has 0 unspecified atom stereocenters. The largest absolute Gasteiger partial charge is 0.0624 e. The van der Waals surface area contributed by atoms with Gasteiger partial charge in [-0.15, -0.1) is 0 Å². The molecule has 0 heterocycles. The summed E-state index contributed by atoms with van der Waals surface area (Å²) >= 11 is 0. The first-order valence-corrected chi connectivity index (χ1v) is 5.62. The van der Waals surface area contributed by atoms with Crippen LogP contribution in [-0.2, 0) is 0 Å². The molecule has 0 amide bonds. The Morgan fingerprint density at radius 1 is 0.857 bits per heavy atom. The normalized spacial score (nSPS) is 31.0. The highest BCUT2D eigenvalue weighted by Crippen LogP contribution is 2.74. The van der Waals surface area contributed by atoms with Gasteiger partial charge in [0.25, 0.3) is 0 Å². The van der Waals surface area contributed by atoms with Gasteiger partial charge in [-0.05, 0) is 31.1 Å². The average Bonchev–Trinajstić information content (AvgIpc) is 2.26. The summed E-state index contributed by atoms with van der Waals surface area (Å²) in [5.74, 6) is 0. The van der Waals surface area contributed by atoms with E-state index in [0.717, 1.165) is 0 Å². The zero-order valence-electron chi connectivity index (χ0n) is 10.4. The molecule has 2 rings (SSSR count). The average molecular weight is 190 g/mol. The van der Waals surface area contributed by atoms with Crippen molar-refractivity contribution < 1.29 is 0 Å². The van der Waals surface area contributed by atoms with Crippen LogP contribution in [0.3, 0.4) is 0 Å². The SMILES string of the molecule is CC1=CC=C(C)C12C(C)(C)CC2(C)C. The van der Waals surface area contributed by atoms with E-state index in [2.05, 4.69) is 53.7 Å². The summed E-state index contributed by atoms with van der Waals surface area (Å²) in [5, 5.41) is 0. The maximum absolute atomic E-state index is 2.41. The van der Waals surface area contributed by atoms with Crippen molar-refractivity contribution in [1.29, 1.82) is 0 Å². The van der Waals surface area contributed by atoms with E-state index in [-0.39, 0.29) is 0 Å². The fourth-order valence-corrected chi connectivity index (χ4v) is 5.13. The van der Waals surface area contributed by atoms with Gasteiger partial charge in [0.2, 0.25) is 0 Å². The topological polar surface area (TPSA) is 0 Å². The number of hydrogen-bond donors (Lipinski definition) is 0. The first-order valence-electron chi connectivity index (χ1n) is 5.62. The lowest BCUT2D eigenvalue weighted by Gasteiger charge is -2.68. The maximum Gasteiger partial charge on any atom is 0.0223 e. The highest BCUT2D eigenvalue weighted by Gasteiger charge is 2.66. The van der Waals surface area contributed by atoms with Crippen molar-refractivity contribution in [2.45, 2.75) is 48.0 Å². The molecule has 0 radical (unpaired) electrons. The van der Waals surface area contributed by atoms with E-state index in [1.54, 1.807) is 11.1 Å². The minimum atomic E-state index is 0.347. The molecule has 1 spiro atoms. The molecule has 14 heavy (non-hydrogen) atoms. The highest BCUT2D eigenvalue weighted by atomic mass is 14.7. The molecule has 0 aromatic rings. The highest BCUT2D eigenvalue weighted by molar-refractivity contribution is 5.47. The van der Waals surface area contributed by atoms with E-state index in [9.17, 15) is 0 Å². The van der Waals surface area contributed by atoms with Crippen LogP contribution in [0.25, 0.3) is 0 Å². The van der Waals surface area contributed by atoms with Gasteiger partial charge in [0.05, 0.1) is 0 Å². The smallest absolute Gasteiger partial charge is 0.0223 e. The standard InChI is InChI=1S/C14H22/c1-10-7-8-11(2)14(10)12(3,4)9-13(14,5)6/h7-8H,9H2,1-6H3. The van der Waals surface area contributed by atoms with Gasteiger partial charge >= 0.3 is 0 Å². The molecule has 0 atom stereocenters. The van der Waals surface area contributed by atoms with Gasteiger partial charge in [0.1, 0.15) is 0 Å². The predicted molar refractivity (Wildman–Crippen MR) is 62.1 cm³/mol. The Labute approximate surface area is 88.1 Å². The molecule has 0 aliphatic heterocycles. The van der Waals surface area contributed by atoms with Crippen molar-refractivity contribution in [3.05, 3.63) is 23.3 Å². The summed E-state index contributed by atoms with van der Waals surface area (Å²) in [6.45, 7) is 14.3.